The van der Waals surface area contributed by atoms with Gasteiger partial charge in [0.2, 0.25) is 5.75 Å². The topological polar surface area (TPSA) is 113 Å². The predicted molar refractivity (Wildman–Crippen MR) is 190 cm³/mol. The summed E-state index contributed by atoms with van der Waals surface area (Å²) in [4.78, 5) is 16.2. The third-order valence-electron chi connectivity index (χ3n) is 8.82. The number of hydrogen-bond donors (Lipinski definition) is 2. The molecule has 8 heteroatoms. The third kappa shape index (κ3) is 7.76. The van der Waals surface area contributed by atoms with Crippen molar-refractivity contribution in [2.75, 3.05) is 26.9 Å². The zero-order chi connectivity index (χ0) is 34.2. The Morgan fingerprint density at radius 1 is 0.837 bits per heavy atom. The molecule has 49 heavy (non-hydrogen) atoms. The van der Waals surface area contributed by atoms with Crippen LogP contribution in [0, 0.1) is 0 Å². The Balaban J connectivity index is 1.42. The van der Waals surface area contributed by atoms with Crippen LogP contribution in [-0.4, -0.2) is 47.7 Å². The first-order chi connectivity index (χ1) is 24.0. The van der Waals surface area contributed by atoms with E-state index >= 15 is 0 Å². The first kappa shape index (κ1) is 33.7. The molecular weight excluding hydrogens is 618 g/mol. The summed E-state index contributed by atoms with van der Waals surface area (Å²) in [6.45, 7) is 2.64. The lowest BCUT2D eigenvalue weighted by Crippen LogP contribution is -2.24. The zero-order valence-electron chi connectivity index (χ0n) is 28.0. The van der Waals surface area contributed by atoms with E-state index in [1.54, 1.807) is 31.4 Å². The Labute approximate surface area is 287 Å². The van der Waals surface area contributed by atoms with Gasteiger partial charge in [-0.2, -0.15) is 11.9 Å². The lowest BCUT2D eigenvalue weighted by Gasteiger charge is -2.29. The number of fused-ring (bicyclic) bond motifs is 1. The molecule has 1 atom stereocenters. The molecule has 0 bridgehead atoms. The Kier molecular flexibility index (Phi) is 10.9. The molecule has 6 rings (SSSR count). The van der Waals surface area contributed by atoms with E-state index in [2.05, 4.69) is 54.4 Å². The van der Waals surface area contributed by atoms with E-state index < -0.39 is 6.10 Å². The summed E-state index contributed by atoms with van der Waals surface area (Å²) in [5.41, 5.74) is 7.53. The standard InChI is InChI=1S/C41H42NO7/c1-3-32-24-31(26-42-32)30-12-7-11-28(23-30)13-18-34-38-37(35(45)25-36(49-38)29-14-16-33(44)17-15-29)40(47-21-8-20-43)41(46-2)39(34)48-22-19-27-9-5-4-6-10-27/h4-7,9-12,14-17,23-24,26,36,43-44H,3,8,13,18-22,25H2,1-2H3/q-1/p+1. The van der Waals surface area contributed by atoms with Crippen molar-refractivity contribution < 1.29 is 34.0 Å². The molecule has 2 heterocycles. The maximum absolute atomic E-state index is 11.7. The average Bonchev–Trinajstić information content (AvgIpc) is 3.62. The molecule has 0 fully saturated rings. The predicted octanol–water partition coefficient (Wildman–Crippen LogP) is 7.17. The molecule has 8 nitrogen and oxygen atoms in total. The van der Waals surface area contributed by atoms with Gasteiger partial charge in [0.25, 0.3) is 0 Å². The maximum atomic E-state index is 11.7. The number of nitrogens with zero attached hydrogens (tertiary/aromatic N) is 1. The number of carbonyl (C=O) groups excluding carboxylic acids is 1. The van der Waals surface area contributed by atoms with Crippen LogP contribution >= 0.6 is 0 Å². The largest absolute Gasteiger partial charge is 0.667 e. The fourth-order valence-corrected chi connectivity index (χ4v) is 6.23. The number of rotatable bonds is 15. The number of ether oxygens (including phenoxy) is 4. The van der Waals surface area contributed by atoms with Gasteiger partial charge < -0.3 is 34.1 Å². The van der Waals surface area contributed by atoms with E-state index in [0.29, 0.717) is 60.9 Å². The van der Waals surface area contributed by atoms with Crippen molar-refractivity contribution in [1.29, 1.82) is 0 Å². The smallest absolute Gasteiger partial charge is 0.335 e. The van der Waals surface area contributed by atoms with Gasteiger partial charge in [-0.05, 0) is 52.8 Å². The van der Waals surface area contributed by atoms with E-state index in [1.165, 1.54) is 0 Å². The van der Waals surface area contributed by atoms with Crippen LogP contribution in [0.15, 0.2) is 91.1 Å². The highest BCUT2D eigenvalue weighted by molar-refractivity contribution is 6.05. The van der Waals surface area contributed by atoms with Crippen LogP contribution in [0.2, 0.25) is 0 Å². The summed E-state index contributed by atoms with van der Waals surface area (Å²) in [6, 6.07) is 27.5. The van der Waals surface area contributed by atoms with Crippen LogP contribution < -0.4 is 23.9 Å². The Morgan fingerprint density at radius 3 is 2.35 bits per heavy atom. The lowest BCUT2D eigenvalue weighted by molar-refractivity contribution is 0.190. The van der Waals surface area contributed by atoms with Gasteiger partial charge in [0.1, 0.15) is 24.0 Å². The van der Waals surface area contributed by atoms with Crippen molar-refractivity contribution in [1.82, 2.24) is 4.98 Å². The molecule has 0 amide bonds. The summed E-state index contributed by atoms with van der Waals surface area (Å²) in [7, 11) is 1.57. The first-order valence-electron chi connectivity index (χ1n) is 16.9. The van der Waals surface area contributed by atoms with Crippen molar-refractivity contribution in [3.8, 4) is 39.9 Å². The molecule has 4 aromatic carbocycles. The van der Waals surface area contributed by atoms with E-state index in [9.17, 15) is 15.0 Å². The number of methoxy groups -OCH3 is 1. The molecule has 254 valence electrons. The van der Waals surface area contributed by atoms with E-state index in [4.69, 9.17) is 18.9 Å². The molecule has 3 N–H and O–H groups in total. The summed E-state index contributed by atoms with van der Waals surface area (Å²) in [5, 5.41) is 19.4. The number of aliphatic hydroxyl groups is 1. The van der Waals surface area contributed by atoms with Crippen molar-refractivity contribution >= 4 is 5.78 Å². The lowest BCUT2D eigenvalue weighted by atomic mass is 9.90. The molecule has 1 aromatic heterocycles. The van der Waals surface area contributed by atoms with Gasteiger partial charge in [0.15, 0.2) is 17.1 Å². The highest BCUT2D eigenvalue weighted by Crippen LogP contribution is 2.53. The molecule has 1 aliphatic rings. The fraction of sp³-hybridized carbons (Fsp3) is 0.293. The Bertz CT molecular complexity index is 1860. The number of hydrogen-bond acceptors (Lipinski definition) is 6. The highest BCUT2D eigenvalue weighted by Gasteiger charge is 2.41. The number of aromatic nitrogens is 1. The Morgan fingerprint density at radius 2 is 1.61 bits per heavy atom. The second-order valence-electron chi connectivity index (χ2n) is 12.1. The summed E-state index contributed by atoms with van der Waals surface area (Å²) in [6.07, 6.45) is 4.74. The number of phenols is 1. The van der Waals surface area contributed by atoms with Crippen molar-refractivity contribution in [3.05, 3.63) is 125 Å². The molecule has 0 radical (unpaired) electrons. The SMILES string of the molecule is CCc1cc(-c2cccc(CCc3c(OCCc4ccccc4)c(OC)c(OCCCO)c4c3OC(c3ccc(O)cc3)CC4=[OH+])c2)c[n-]1. The molecule has 1 unspecified atom stereocenters. The fourth-order valence-electron chi connectivity index (χ4n) is 6.23. The van der Waals surface area contributed by atoms with Gasteiger partial charge in [0.05, 0.1) is 20.3 Å². The second-order valence-corrected chi connectivity index (χ2v) is 12.1. The van der Waals surface area contributed by atoms with Crippen LogP contribution in [-0.2, 0) is 25.7 Å². The molecule has 0 aliphatic carbocycles. The monoisotopic (exact) mass is 661 g/mol. The quantitative estimate of drug-likeness (QED) is 0.0904. The number of aromatic hydroxyl groups is 1. The third-order valence-corrected chi connectivity index (χ3v) is 8.82. The first-order valence-corrected chi connectivity index (χ1v) is 16.9. The van der Waals surface area contributed by atoms with E-state index in [1.807, 2.05) is 24.4 Å². The van der Waals surface area contributed by atoms with Crippen molar-refractivity contribution in [3.63, 3.8) is 0 Å². The minimum atomic E-state index is -0.511. The molecule has 1 aliphatic heterocycles. The van der Waals surface area contributed by atoms with Crippen LogP contribution in [0.25, 0.3) is 11.1 Å². The summed E-state index contributed by atoms with van der Waals surface area (Å²) in [5.74, 6) is 1.92. The molecule has 0 saturated carbocycles. The zero-order valence-corrected chi connectivity index (χ0v) is 28.0. The van der Waals surface area contributed by atoms with Gasteiger partial charge in [0, 0.05) is 25.0 Å². The molecule has 0 spiro atoms. The van der Waals surface area contributed by atoms with Gasteiger partial charge in [-0.1, -0.05) is 86.1 Å². The van der Waals surface area contributed by atoms with Crippen LogP contribution in [0.3, 0.4) is 0 Å². The number of aliphatic hydroxyl groups excluding tert-OH is 1. The maximum Gasteiger partial charge on any atom is 0.335 e. The molecule has 5 aromatic rings. The van der Waals surface area contributed by atoms with Gasteiger partial charge >= 0.3 is 5.78 Å². The van der Waals surface area contributed by atoms with Crippen LogP contribution in [0.1, 0.15) is 59.4 Å². The molecular formula is C41H43NO7. The minimum Gasteiger partial charge on any atom is -0.667 e. The van der Waals surface area contributed by atoms with Crippen molar-refractivity contribution in [2.24, 2.45) is 0 Å². The number of phenolic OH excluding ortho intramolecular Hbond substituents is 1. The summed E-state index contributed by atoms with van der Waals surface area (Å²) < 4.78 is 25.6. The average molecular weight is 662 g/mol. The highest BCUT2D eigenvalue weighted by atomic mass is 16.5. The van der Waals surface area contributed by atoms with Crippen LogP contribution in [0.4, 0.5) is 0 Å². The van der Waals surface area contributed by atoms with Gasteiger partial charge in [-0.15, -0.1) is 0 Å². The van der Waals surface area contributed by atoms with Gasteiger partial charge in [-0.25, -0.2) is 0 Å². The van der Waals surface area contributed by atoms with E-state index in [-0.39, 0.29) is 31.2 Å². The number of ketones is 1. The van der Waals surface area contributed by atoms with Crippen LogP contribution in [0.5, 0.6) is 28.7 Å². The van der Waals surface area contributed by atoms with E-state index in [0.717, 1.165) is 45.5 Å². The number of benzene rings is 4. The Hall–Kier alpha value is -5.21. The van der Waals surface area contributed by atoms with Gasteiger partial charge in [-0.3, -0.25) is 4.79 Å². The molecule has 0 saturated heterocycles. The normalized spacial score (nSPS) is 13.9. The number of aryl methyl sites for hydroxylation is 2. The van der Waals surface area contributed by atoms with Crippen molar-refractivity contribution in [2.45, 2.75) is 51.6 Å². The minimum absolute atomic E-state index is 0.0439. The second kappa shape index (κ2) is 15.8. The summed E-state index contributed by atoms with van der Waals surface area (Å²) >= 11 is 0.